The van der Waals surface area contributed by atoms with Crippen molar-refractivity contribution in [3.63, 3.8) is 0 Å². The summed E-state index contributed by atoms with van der Waals surface area (Å²) in [5.41, 5.74) is 1.98. The molecule has 0 spiro atoms. The number of carbonyl (C=O) groups is 1. The lowest BCUT2D eigenvalue weighted by molar-refractivity contribution is -0.118. The smallest absolute Gasteiger partial charge is 0.240 e. The molecule has 2 aromatic carbocycles. The summed E-state index contributed by atoms with van der Waals surface area (Å²) in [7, 11) is 0. The summed E-state index contributed by atoms with van der Waals surface area (Å²) < 4.78 is 0. The van der Waals surface area contributed by atoms with Crippen LogP contribution in [0.25, 0.3) is 0 Å². The standard InChI is InChI=1S/C20H19N3OS/c1-16(25-20-21-13-8-14-22-20)19(24)23(18-11-6-3-7-12-18)15-17-9-4-2-5-10-17/h2-14,16H,15H2,1H3. The zero-order chi connectivity index (χ0) is 17.5. The highest BCUT2D eigenvalue weighted by atomic mass is 32.2. The Bertz CT molecular complexity index is 797. The van der Waals surface area contributed by atoms with Crippen LogP contribution in [0.15, 0.2) is 84.3 Å². The molecule has 0 radical (unpaired) electrons. The van der Waals surface area contributed by atoms with Crippen molar-refractivity contribution in [3.05, 3.63) is 84.7 Å². The molecule has 3 rings (SSSR count). The fourth-order valence-electron chi connectivity index (χ4n) is 2.44. The number of carbonyl (C=O) groups excluding carboxylic acids is 1. The minimum absolute atomic E-state index is 0.0347. The quantitative estimate of drug-likeness (QED) is 0.494. The van der Waals surface area contributed by atoms with Crippen LogP contribution in [0.5, 0.6) is 0 Å². The summed E-state index contributed by atoms with van der Waals surface area (Å²) in [4.78, 5) is 23.3. The molecule has 3 aromatic rings. The van der Waals surface area contributed by atoms with Gasteiger partial charge in [0.25, 0.3) is 0 Å². The van der Waals surface area contributed by atoms with Crippen LogP contribution in [0.1, 0.15) is 12.5 Å². The molecule has 0 aliphatic heterocycles. The van der Waals surface area contributed by atoms with E-state index in [4.69, 9.17) is 0 Å². The third kappa shape index (κ3) is 4.67. The Morgan fingerprint density at radius 1 is 0.960 bits per heavy atom. The molecule has 0 saturated heterocycles. The van der Waals surface area contributed by atoms with Crippen molar-refractivity contribution >= 4 is 23.4 Å². The fraction of sp³-hybridized carbons (Fsp3) is 0.150. The van der Waals surface area contributed by atoms with E-state index in [1.807, 2.05) is 72.5 Å². The Labute approximate surface area is 151 Å². The lowest BCUT2D eigenvalue weighted by Gasteiger charge is -2.25. The van der Waals surface area contributed by atoms with Crippen molar-refractivity contribution in [3.8, 4) is 0 Å². The van der Waals surface area contributed by atoms with Crippen molar-refractivity contribution in [2.45, 2.75) is 23.9 Å². The second-order valence-corrected chi connectivity index (χ2v) is 6.84. The molecule has 1 unspecified atom stereocenters. The molecule has 1 heterocycles. The molecular formula is C20H19N3OS. The highest BCUT2D eigenvalue weighted by Crippen LogP contribution is 2.24. The Morgan fingerprint density at radius 2 is 1.56 bits per heavy atom. The van der Waals surface area contributed by atoms with E-state index < -0.39 is 0 Å². The van der Waals surface area contributed by atoms with Crippen molar-refractivity contribution in [2.75, 3.05) is 4.90 Å². The number of anilines is 1. The second kappa shape index (κ2) is 8.44. The number of para-hydroxylation sites is 1. The van der Waals surface area contributed by atoms with Crippen LogP contribution in [0.2, 0.25) is 0 Å². The largest absolute Gasteiger partial charge is 0.307 e. The van der Waals surface area contributed by atoms with Crippen LogP contribution in [0.4, 0.5) is 5.69 Å². The molecule has 126 valence electrons. The normalized spacial score (nSPS) is 11.7. The lowest BCUT2D eigenvalue weighted by atomic mass is 10.2. The predicted octanol–water partition coefficient (Wildman–Crippen LogP) is 4.19. The van der Waals surface area contributed by atoms with Gasteiger partial charge in [0.05, 0.1) is 11.8 Å². The summed E-state index contributed by atoms with van der Waals surface area (Å²) in [6.45, 7) is 2.43. The van der Waals surface area contributed by atoms with E-state index in [1.54, 1.807) is 18.5 Å². The van der Waals surface area contributed by atoms with E-state index in [1.165, 1.54) is 11.8 Å². The molecule has 4 nitrogen and oxygen atoms in total. The number of thioether (sulfide) groups is 1. The first-order valence-electron chi connectivity index (χ1n) is 8.08. The highest BCUT2D eigenvalue weighted by molar-refractivity contribution is 8.00. The van der Waals surface area contributed by atoms with Crippen molar-refractivity contribution in [1.82, 2.24) is 9.97 Å². The number of benzene rings is 2. The number of rotatable bonds is 6. The summed E-state index contributed by atoms with van der Waals surface area (Å²) >= 11 is 1.37. The third-order valence-electron chi connectivity index (χ3n) is 3.69. The van der Waals surface area contributed by atoms with Crippen molar-refractivity contribution in [1.29, 1.82) is 0 Å². The predicted molar refractivity (Wildman–Crippen MR) is 101 cm³/mol. The number of amides is 1. The molecule has 0 saturated carbocycles. The second-order valence-electron chi connectivity index (χ2n) is 5.54. The average molecular weight is 349 g/mol. The topological polar surface area (TPSA) is 46.1 Å². The minimum atomic E-state index is -0.286. The molecule has 0 aliphatic rings. The molecule has 1 atom stereocenters. The first kappa shape index (κ1) is 17.2. The van der Waals surface area contributed by atoms with Gasteiger partial charge >= 0.3 is 0 Å². The monoisotopic (exact) mass is 349 g/mol. The fourth-order valence-corrected chi connectivity index (χ4v) is 3.23. The maximum atomic E-state index is 13.1. The Balaban J connectivity index is 1.81. The molecule has 0 aliphatic carbocycles. The van der Waals surface area contributed by atoms with E-state index in [9.17, 15) is 4.79 Å². The van der Waals surface area contributed by atoms with Gasteiger partial charge in [-0.2, -0.15) is 0 Å². The van der Waals surface area contributed by atoms with Gasteiger partial charge in [-0.3, -0.25) is 4.79 Å². The molecule has 1 amide bonds. The van der Waals surface area contributed by atoms with Crippen molar-refractivity contribution in [2.24, 2.45) is 0 Å². The van der Waals surface area contributed by atoms with Gasteiger partial charge in [-0.25, -0.2) is 9.97 Å². The van der Waals surface area contributed by atoms with Crippen LogP contribution in [0, 0.1) is 0 Å². The third-order valence-corrected chi connectivity index (χ3v) is 4.67. The lowest BCUT2D eigenvalue weighted by Crippen LogP contribution is -2.36. The Morgan fingerprint density at radius 3 is 2.20 bits per heavy atom. The van der Waals surface area contributed by atoms with Gasteiger partial charge in [0, 0.05) is 18.1 Å². The van der Waals surface area contributed by atoms with E-state index in [2.05, 4.69) is 9.97 Å². The van der Waals surface area contributed by atoms with Crippen LogP contribution >= 0.6 is 11.8 Å². The molecule has 0 bridgehead atoms. The summed E-state index contributed by atoms with van der Waals surface area (Å²) in [5, 5.41) is 0.322. The van der Waals surface area contributed by atoms with E-state index in [0.717, 1.165) is 11.3 Å². The Kier molecular flexibility index (Phi) is 5.80. The average Bonchev–Trinajstić information content (AvgIpc) is 2.68. The Hall–Kier alpha value is -2.66. The van der Waals surface area contributed by atoms with E-state index >= 15 is 0 Å². The molecule has 25 heavy (non-hydrogen) atoms. The van der Waals surface area contributed by atoms with E-state index in [0.29, 0.717) is 11.7 Å². The number of aromatic nitrogens is 2. The first-order chi connectivity index (χ1) is 12.2. The summed E-state index contributed by atoms with van der Waals surface area (Å²) in [5.74, 6) is 0.0347. The molecule has 0 fully saturated rings. The van der Waals surface area contributed by atoms with Gasteiger partial charge in [-0.1, -0.05) is 60.3 Å². The summed E-state index contributed by atoms with van der Waals surface area (Å²) in [6.07, 6.45) is 3.37. The van der Waals surface area contributed by atoms with Crippen LogP contribution in [-0.2, 0) is 11.3 Å². The van der Waals surface area contributed by atoms with Crippen molar-refractivity contribution < 1.29 is 4.79 Å². The van der Waals surface area contributed by atoms with Gasteiger partial charge < -0.3 is 4.90 Å². The highest BCUT2D eigenvalue weighted by Gasteiger charge is 2.23. The molecule has 1 aromatic heterocycles. The van der Waals surface area contributed by atoms with Gasteiger partial charge in [0.2, 0.25) is 5.91 Å². The van der Waals surface area contributed by atoms with E-state index in [-0.39, 0.29) is 11.2 Å². The number of hydrogen-bond donors (Lipinski definition) is 0. The van der Waals surface area contributed by atoms with Gasteiger partial charge in [0.15, 0.2) is 5.16 Å². The van der Waals surface area contributed by atoms with Gasteiger partial charge in [0.1, 0.15) is 0 Å². The first-order valence-corrected chi connectivity index (χ1v) is 8.96. The van der Waals surface area contributed by atoms with Crippen LogP contribution in [-0.4, -0.2) is 21.1 Å². The number of nitrogens with zero attached hydrogens (tertiary/aromatic N) is 3. The zero-order valence-corrected chi connectivity index (χ0v) is 14.8. The van der Waals surface area contributed by atoms with Crippen LogP contribution < -0.4 is 4.90 Å². The van der Waals surface area contributed by atoms with Gasteiger partial charge in [-0.05, 0) is 30.7 Å². The molecule has 5 heteroatoms. The maximum Gasteiger partial charge on any atom is 0.240 e. The SMILES string of the molecule is CC(Sc1ncccn1)C(=O)N(Cc1ccccc1)c1ccccc1. The zero-order valence-electron chi connectivity index (χ0n) is 13.9. The van der Waals surface area contributed by atoms with Gasteiger partial charge in [-0.15, -0.1) is 0 Å². The minimum Gasteiger partial charge on any atom is -0.307 e. The number of hydrogen-bond acceptors (Lipinski definition) is 4. The van der Waals surface area contributed by atoms with Crippen LogP contribution in [0.3, 0.4) is 0 Å². The summed E-state index contributed by atoms with van der Waals surface area (Å²) in [6, 6.07) is 21.5. The molecule has 0 N–H and O–H groups in total. The maximum absolute atomic E-state index is 13.1. The molecular weight excluding hydrogens is 330 g/mol.